The summed E-state index contributed by atoms with van der Waals surface area (Å²) >= 11 is 0. The molecular formula is C13H19NO2. The Kier molecular flexibility index (Phi) is 3.34. The van der Waals surface area contributed by atoms with E-state index in [1.807, 2.05) is 13.8 Å². The summed E-state index contributed by atoms with van der Waals surface area (Å²) in [5.74, 6) is 2.96. The first kappa shape index (κ1) is 11.3. The summed E-state index contributed by atoms with van der Waals surface area (Å²) in [4.78, 5) is 0. The van der Waals surface area contributed by atoms with Crippen molar-refractivity contribution < 1.29 is 9.15 Å². The first-order valence-corrected chi connectivity index (χ1v) is 5.85. The lowest BCUT2D eigenvalue weighted by Crippen LogP contribution is -2.23. The van der Waals surface area contributed by atoms with Crippen LogP contribution in [0, 0.1) is 13.8 Å². The molecular weight excluding hydrogens is 202 g/mol. The summed E-state index contributed by atoms with van der Waals surface area (Å²) in [6, 6.07) is 2.23. The zero-order valence-electron chi connectivity index (χ0n) is 10.2. The van der Waals surface area contributed by atoms with Gasteiger partial charge in [-0.3, -0.25) is 0 Å². The van der Waals surface area contributed by atoms with E-state index >= 15 is 0 Å². The van der Waals surface area contributed by atoms with Crippen molar-refractivity contribution in [1.29, 1.82) is 0 Å². The molecule has 1 aliphatic heterocycles. The average Bonchev–Trinajstić information content (AvgIpc) is 2.85. The minimum Gasteiger partial charge on any atom is -0.496 e. The van der Waals surface area contributed by atoms with Gasteiger partial charge in [0.2, 0.25) is 0 Å². The standard InChI is InChI=1S/C13H19NO2/c1-4-14-13(12-6-5-7-15-12)11-8-9(2)16-10(11)3/h6,8,13-14H,4-5,7H2,1-3H3. The zero-order valence-corrected chi connectivity index (χ0v) is 10.2. The minimum absolute atomic E-state index is 0.143. The molecule has 1 unspecified atom stereocenters. The van der Waals surface area contributed by atoms with Gasteiger partial charge in [-0.2, -0.15) is 0 Å². The highest BCUT2D eigenvalue weighted by atomic mass is 16.5. The summed E-state index contributed by atoms with van der Waals surface area (Å²) in [7, 11) is 0. The van der Waals surface area contributed by atoms with Gasteiger partial charge in [0.05, 0.1) is 12.6 Å². The van der Waals surface area contributed by atoms with E-state index in [0.717, 1.165) is 36.9 Å². The highest BCUT2D eigenvalue weighted by molar-refractivity contribution is 5.30. The van der Waals surface area contributed by atoms with Crippen LogP contribution in [0.1, 0.15) is 36.5 Å². The van der Waals surface area contributed by atoms with E-state index in [9.17, 15) is 0 Å². The van der Waals surface area contributed by atoms with Crippen LogP contribution in [0.2, 0.25) is 0 Å². The molecule has 0 spiro atoms. The fourth-order valence-electron chi connectivity index (χ4n) is 2.14. The Morgan fingerprint density at radius 3 is 2.75 bits per heavy atom. The molecule has 0 radical (unpaired) electrons. The first-order chi connectivity index (χ1) is 7.72. The minimum atomic E-state index is 0.143. The maximum absolute atomic E-state index is 5.64. The van der Waals surface area contributed by atoms with E-state index < -0.39 is 0 Å². The van der Waals surface area contributed by atoms with Gasteiger partial charge in [-0.05, 0) is 32.5 Å². The van der Waals surface area contributed by atoms with Crippen LogP contribution in [0.15, 0.2) is 22.3 Å². The second-order valence-corrected chi connectivity index (χ2v) is 4.10. The number of ether oxygens (including phenoxy) is 1. The second-order valence-electron chi connectivity index (χ2n) is 4.10. The van der Waals surface area contributed by atoms with Gasteiger partial charge in [-0.25, -0.2) is 0 Å². The van der Waals surface area contributed by atoms with Gasteiger partial charge in [0, 0.05) is 12.0 Å². The van der Waals surface area contributed by atoms with Crippen LogP contribution in [0.5, 0.6) is 0 Å². The Bertz CT molecular complexity index is 393. The molecule has 3 heteroatoms. The van der Waals surface area contributed by atoms with Gasteiger partial charge in [-0.15, -0.1) is 0 Å². The summed E-state index contributed by atoms with van der Waals surface area (Å²) < 4.78 is 11.2. The zero-order chi connectivity index (χ0) is 11.5. The van der Waals surface area contributed by atoms with Gasteiger partial charge < -0.3 is 14.5 Å². The predicted octanol–water partition coefficient (Wildman–Crippen LogP) is 2.85. The molecule has 1 aromatic heterocycles. The molecule has 0 saturated carbocycles. The summed E-state index contributed by atoms with van der Waals surface area (Å²) in [6.07, 6.45) is 3.17. The molecule has 1 aliphatic rings. The molecule has 1 aromatic rings. The number of hydrogen-bond acceptors (Lipinski definition) is 3. The third-order valence-corrected chi connectivity index (χ3v) is 2.82. The van der Waals surface area contributed by atoms with Gasteiger partial charge in [0.25, 0.3) is 0 Å². The molecule has 2 heterocycles. The Morgan fingerprint density at radius 1 is 1.44 bits per heavy atom. The third-order valence-electron chi connectivity index (χ3n) is 2.82. The highest BCUT2D eigenvalue weighted by Gasteiger charge is 2.23. The quantitative estimate of drug-likeness (QED) is 0.849. The van der Waals surface area contributed by atoms with Crippen molar-refractivity contribution in [2.45, 2.75) is 33.2 Å². The van der Waals surface area contributed by atoms with E-state index in [4.69, 9.17) is 9.15 Å². The normalized spacial score (nSPS) is 17.1. The van der Waals surface area contributed by atoms with Crippen molar-refractivity contribution in [3.05, 3.63) is 35.0 Å². The molecule has 1 atom stereocenters. The van der Waals surface area contributed by atoms with Crippen LogP contribution in [0.3, 0.4) is 0 Å². The number of rotatable bonds is 4. The molecule has 0 amide bonds. The average molecular weight is 221 g/mol. The van der Waals surface area contributed by atoms with Crippen LogP contribution in [-0.4, -0.2) is 13.2 Å². The van der Waals surface area contributed by atoms with Crippen LogP contribution in [-0.2, 0) is 4.74 Å². The van der Waals surface area contributed by atoms with E-state index in [-0.39, 0.29) is 6.04 Å². The third kappa shape index (κ3) is 2.14. The smallest absolute Gasteiger partial charge is 0.114 e. The predicted molar refractivity (Wildman–Crippen MR) is 63.3 cm³/mol. The van der Waals surface area contributed by atoms with Gasteiger partial charge in [0.1, 0.15) is 17.3 Å². The maximum Gasteiger partial charge on any atom is 0.114 e. The number of nitrogens with one attached hydrogen (secondary N) is 1. The van der Waals surface area contributed by atoms with Gasteiger partial charge in [-0.1, -0.05) is 6.92 Å². The maximum atomic E-state index is 5.64. The molecule has 0 bridgehead atoms. The fraction of sp³-hybridized carbons (Fsp3) is 0.538. The summed E-state index contributed by atoms with van der Waals surface area (Å²) in [5, 5.41) is 3.44. The molecule has 16 heavy (non-hydrogen) atoms. The summed E-state index contributed by atoms with van der Waals surface area (Å²) in [6.45, 7) is 7.79. The van der Waals surface area contributed by atoms with Crippen molar-refractivity contribution in [1.82, 2.24) is 5.32 Å². The van der Waals surface area contributed by atoms with E-state index in [0.29, 0.717) is 0 Å². The second kappa shape index (κ2) is 4.74. The molecule has 3 nitrogen and oxygen atoms in total. The monoisotopic (exact) mass is 221 g/mol. The SMILES string of the molecule is CCNC(C1=CCCO1)c1cc(C)oc1C. The van der Waals surface area contributed by atoms with Crippen molar-refractivity contribution in [2.24, 2.45) is 0 Å². The largest absolute Gasteiger partial charge is 0.496 e. The van der Waals surface area contributed by atoms with Gasteiger partial charge >= 0.3 is 0 Å². The Labute approximate surface area is 96.5 Å². The van der Waals surface area contributed by atoms with Crippen LogP contribution in [0.25, 0.3) is 0 Å². The van der Waals surface area contributed by atoms with Crippen LogP contribution < -0.4 is 5.32 Å². The molecule has 0 saturated heterocycles. The molecule has 0 aliphatic carbocycles. The number of aryl methyl sites for hydroxylation is 2. The summed E-state index contributed by atoms with van der Waals surface area (Å²) in [5.41, 5.74) is 1.19. The van der Waals surface area contributed by atoms with Crippen molar-refractivity contribution in [3.63, 3.8) is 0 Å². The first-order valence-electron chi connectivity index (χ1n) is 5.85. The Morgan fingerprint density at radius 2 is 2.25 bits per heavy atom. The number of hydrogen-bond donors (Lipinski definition) is 1. The topological polar surface area (TPSA) is 34.4 Å². The van der Waals surface area contributed by atoms with E-state index in [2.05, 4.69) is 24.4 Å². The van der Waals surface area contributed by atoms with Gasteiger partial charge in [0.15, 0.2) is 0 Å². The molecule has 0 fully saturated rings. The van der Waals surface area contributed by atoms with Crippen LogP contribution >= 0.6 is 0 Å². The lowest BCUT2D eigenvalue weighted by molar-refractivity contribution is 0.215. The lowest BCUT2D eigenvalue weighted by atomic mass is 10.1. The Balaban J connectivity index is 2.28. The molecule has 88 valence electrons. The van der Waals surface area contributed by atoms with Crippen LogP contribution in [0.4, 0.5) is 0 Å². The van der Waals surface area contributed by atoms with Crippen molar-refractivity contribution in [2.75, 3.05) is 13.2 Å². The lowest BCUT2D eigenvalue weighted by Gasteiger charge is -2.18. The number of furan rings is 1. The van der Waals surface area contributed by atoms with E-state index in [1.54, 1.807) is 0 Å². The molecule has 1 N–H and O–H groups in total. The van der Waals surface area contributed by atoms with Crippen molar-refractivity contribution in [3.8, 4) is 0 Å². The molecule has 2 rings (SSSR count). The highest BCUT2D eigenvalue weighted by Crippen LogP contribution is 2.30. The number of likely N-dealkylation sites (N-methyl/N-ethyl adjacent to an activating group) is 1. The molecule has 0 aromatic carbocycles. The van der Waals surface area contributed by atoms with Crippen molar-refractivity contribution >= 4 is 0 Å². The fourth-order valence-corrected chi connectivity index (χ4v) is 2.14. The Hall–Kier alpha value is -1.22. The van der Waals surface area contributed by atoms with E-state index in [1.165, 1.54) is 5.56 Å².